The van der Waals surface area contributed by atoms with E-state index >= 15 is 0 Å². The quantitative estimate of drug-likeness (QED) is 0.301. The minimum atomic E-state index is -0.706. The lowest BCUT2D eigenvalue weighted by Crippen LogP contribution is -2.38. The molecule has 1 fully saturated rings. The molecule has 4 rings (SSSR count). The van der Waals surface area contributed by atoms with Gasteiger partial charge in [0.1, 0.15) is 0 Å². The largest absolute Gasteiger partial charge is 0.454 e. The van der Waals surface area contributed by atoms with Gasteiger partial charge in [0.2, 0.25) is 11.7 Å². The average Bonchev–Trinajstić information content (AvgIpc) is 3.14. The molecule has 1 aliphatic rings. The van der Waals surface area contributed by atoms with Crippen LogP contribution in [0, 0.1) is 0 Å². The molecule has 2 heterocycles. The van der Waals surface area contributed by atoms with Crippen LogP contribution in [0.15, 0.2) is 73.1 Å². The van der Waals surface area contributed by atoms with Gasteiger partial charge in [0, 0.05) is 24.5 Å². The van der Waals surface area contributed by atoms with E-state index in [2.05, 4.69) is 10.3 Å². The number of aromatic nitrogens is 1. The number of hydrogen-bond donors (Lipinski definition) is 1. The molecule has 1 aliphatic heterocycles. The van der Waals surface area contributed by atoms with Crippen LogP contribution < -0.4 is 10.2 Å². The number of pyridine rings is 1. The van der Waals surface area contributed by atoms with E-state index in [1.165, 1.54) is 24.3 Å². The van der Waals surface area contributed by atoms with Gasteiger partial charge in [-0.25, -0.2) is 9.69 Å². The minimum absolute atomic E-state index is 0.0348. The summed E-state index contributed by atoms with van der Waals surface area (Å²) in [4.78, 5) is 54.9. The van der Waals surface area contributed by atoms with Crippen molar-refractivity contribution >= 4 is 40.9 Å². The molecule has 172 valence electrons. The number of nitrogens with one attached hydrogen (secondary N) is 1. The summed E-state index contributed by atoms with van der Waals surface area (Å²) < 4.78 is 5.09. The molecule has 0 radical (unpaired) electrons. The predicted molar refractivity (Wildman–Crippen MR) is 124 cm³/mol. The van der Waals surface area contributed by atoms with Gasteiger partial charge in [-0.05, 0) is 48.0 Å². The standard InChI is InChI=1S/C25H20ClN3O5/c26-20-6-2-1-5-19(20)22(30)15-34-25(33)17-7-9-18(10-8-17)29-23(31)12-21(24(29)32)28-14-16-4-3-11-27-13-16/h1-11,13,21,28H,12,14-15H2. The molecule has 1 atom stereocenters. The highest BCUT2D eigenvalue weighted by atomic mass is 35.5. The number of rotatable bonds is 8. The first-order valence-electron chi connectivity index (χ1n) is 10.5. The Bertz CT molecular complexity index is 1230. The van der Waals surface area contributed by atoms with E-state index in [4.69, 9.17) is 16.3 Å². The van der Waals surface area contributed by atoms with Gasteiger partial charge in [-0.15, -0.1) is 0 Å². The number of imide groups is 1. The molecule has 0 aliphatic carbocycles. The molecule has 0 spiro atoms. The highest BCUT2D eigenvalue weighted by Gasteiger charge is 2.39. The second kappa shape index (κ2) is 10.4. The number of esters is 1. The fraction of sp³-hybridized carbons (Fsp3) is 0.160. The summed E-state index contributed by atoms with van der Waals surface area (Å²) >= 11 is 5.99. The number of carbonyl (C=O) groups excluding carboxylic acids is 4. The summed E-state index contributed by atoms with van der Waals surface area (Å²) in [6.45, 7) is -0.0548. The molecule has 1 aromatic heterocycles. The summed E-state index contributed by atoms with van der Waals surface area (Å²) in [5.41, 5.74) is 1.70. The van der Waals surface area contributed by atoms with Gasteiger partial charge in [-0.2, -0.15) is 0 Å². The lowest BCUT2D eigenvalue weighted by Gasteiger charge is -2.16. The van der Waals surface area contributed by atoms with Crippen LogP contribution >= 0.6 is 11.6 Å². The molecular weight excluding hydrogens is 458 g/mol. The van der Waals surface area contributed by atoms with Crippen molar-refractivity contribution in [2.45, 2.75) is 19.0 Å². The summed E-state index contributed by atoms with van der Waals surface area (Å²) in [5.74, 6) is -1.83. The molecule has 2 amide bonds. The smallest absolute Gasteiger partial charge is 0.338 e. The summed E-state index contributed by atoms with van der Waals surface area (Å²) in [6, 6.07) is 15.4. The van der Waals surface area contributed by atoms with Crippen molar-refractivity contribution < 1.29 is 23.9 Å². The zero-order valence-electron chi connectivity index (χ0n) is 17.9. The highest BCUT2D eigenvalue weighted by molar-refractivity contribution is 6.34. The second-order valence-corrected chi connectivity index (χ2v) is 8.00. The van der Waals surface area contributed by atoms with Crippen molar-refractivity contribution in [3.63, 3.8) is 0 Å². The molecule has 3 aromatic rings. The van der Waals surface area contributed by atoms with Gasteiger partial charge in [0.05, 0.1) is 28.7 Å². The SMILES string of the molecule is O=C(OCC(=O)c1ccccc1Cl)c1ccc(N2C(=O)CC(NCc3cccnc3)C2=O)cc1. The number of halogens is 1. The van der Waals surface area contributed by atoms with Crippen LogP contribution in [0.4, 0.5) is 5.69 Å². The molecule has 0 bridgehead atoms. The third kappa shape index (κ3) is 5.19. The van der Waals surface area contributed by atoms with E-state index in [1.807, 2.05) is 6.07 Å². The lowest BCUT2D eigenvalue weighted by molar-refractivity contribution is -0.121. The maximum atomic E-state index is 12.8. The van der Waals surface area contributed by atoms with E-state index in [0.717, 1.165) is 10.5 Å². The first kappa shape index (κ1) is 23.3. The first-order chi connectivity index (χ1) is 16.4. The van der Waals surface area contributed by atoms with Crippen LogP contribution in [0.1, 0.15) is 32.7 Å². The number of ketones is 1. The molecule has 9 heteroatoms. The van der Waals surface area contributed by atoms with Crippen LogP contribution in [0.5, 0.6) is 0 Å². The monoisotopic (exact) mass is 477 g/mol. The Morgan fingerprint density at radius 2 is 1.82 bits per heavy atom. The Kier molecular flexibility index (Phi) is 7.10. The Balaban J connectivity index is 1.35. The van der Waals surface area contributed by atoms with Gasteiger partial charge in [0.25, 0.3) is 5.91 Å². The molecule has 1 N–H and O–H groups in total. The Hall–Kier alpha value is -3.88. The van der Waals surface area contributed by atoms with Gasteiger partial charge >= 0.3 is 5.97 Å². The Morgan fingerprint density at radius 3 is 2.53 bits per heavy atom. The van der Waals surface area contributed by atoms with Crippen LogP contribution in [0.25, 0.3) is 0 Å². The molecule has 1 unspecified atom stereocenters. The molecule has 2 aromatic carbocycles. The zero-order valence-corrected chi connectivity index (χ0v) is 18.7. The van der Waals surface area contributed by atoms with Gasteiger partial charge in [-0.3, -0.25) is 19.4 Å². The molecule has 8 nitrogen and oxygen atoms in total. The van der Waals surface area contributed by atoms with E-state index in [9.17, 15) is 19.2 Å². The van der Waals surface area contributed by atoms with Crippen molar-refractivity contribution in [3.05, 3.63) is 94.8 Å². The van der Waals surface area contributed by atoms with Gasteiger partial charge in [-0.1, -0.05) is 29.8 Å². The summed E-state index contributed by atoms with van der Waals surface area (Å²) in [7, 11) is 0. The number of hydrogen-bond acceptors (Lipinski definition) is 7. The highest BCUT2D eigenvalue weighted by Crippen LogP contribution is 2.24. The normalized spacial score (nSPS) is 15.4. The summed E-state index contributed by atoms with van der Waals surface area (Å²) in [5, 5.41) is 3.36. The Morgan fingerprint density at radius 1 is 1.06 bits per heavy atom. The number of ether oxygens (including phenoxy) is 1. The van der Waals surface area contributed by atoms with Crippen molar-refractivity contribution in [1.82, 2.24) is 10.3 Å². The van der Waals surface area contributed by atoms with Gasteiger partial charge in [0.15, 0.2) is 6.61 Å². The minimum Gasteiger partial charge on any atom is -0.454 e. The van der Waals surface area contributed by atoms with Crippen molar-refractivity contribution in [2.24, 2.45) is 0 Å². The summed E-state index contributed by atoms with van der Waals surface area (Å²) in [6.07, 6.45) is 3.38. The maximum absolute atomic E-state index is 12.8. The van der Waals surface area contributed by atoms with Crippen molar-refractivity contribution in [3.8, 4) is 0 Å². The fourth-order valence-corrected chi connectivity index (χ4v) is 3.77. The number of Topliss-reactive ketones (excluding diaryl/α,β-unsaturated/α-hetero) is 1. The van der Waals surface area contributed by atoms with E-state index in [0.29, 0.717) is 12.2 Å². The number of anilines is 1. The van der Waals surface area contributed by atoms with Crippen molar-refractivity contribution in [1.29, 1.82) is 0 Å². The number of carbonyl (C=O) groups is 4. The average molecular weight is 478 g/mol. The third-order valence-electron chi connectivity index (χ3n) is 5.29. The van der Waals surface area contributed by atoms with E-state index < -0.39 is 24.4 Å². The van der Waals surface area contributed by atoms with Crippen molar-refractivity contribution in [2.75, 3.05) is 11.5 Å². The number of amides is 2. The van der Waals surface area contributed by atoms with E-state index in [-0.39, 0.29) is 34.4 Å². The molecule has 1 saturated heterocycles. The van der Waals surface area contributed by atoms with Crippen LogP contribution in [-0.2, 0) is 20.9 Å². The molecule has 34 heavy (non-hydrogen) atoms. The second-order valence-electron chi connectivity index (χ2n) is 7.59. The molecule has 0 saturated carbocycles. The molecular formula is C25H20ClN3O5. The van der Waals surface area contributed by atoms with E-state index in [1.54, 1.807) is 42.7 Å². The zero-order chi connectivity index (χ0) is 24.1. The van der Waals surface area contributed by atoms with Crippen LogP contribution in [0.2, 0.25) is 5.02 Å². The third-order valence-corrected chi connectivity index (χ3v) is 5.62. The first-order valence-corrected chi connectivity index (χ1v) is 10.9. The van der Waals surface area contributed by atoms with Gasteiger partial charge < -0.3 is 10.1 Å². The van der Waals surface area contributed by atoms with Crippen LogP contribution in [-0.4, -0.2) is 41.2 Å². The Labute approximate surface area is 200 Å². The maximum Gasteiger partial charge on any atom is 0.338 e. The lowest BCUT2D eigenvalue weighted by atomic mass is 10.1. The van der Waals surface area contributed by atoms with Crippen LogP contribution in [0.3, 0.4) is 0 Å². The topological polar surface area (TPSA) is 106 Å². The fourth-order valence-electron chi connectivity index (χ4n) is 3.53. The predicted octanol–water partition coefficient (Wildman–Crippen LogP) is 3.20. The number of benzene rings is 2. The number of nitrogens with zero attached hydrogens (tertiary/aromatic N) is 2.